The number of nitrogens with one attached hydrogen (secondary N) is 1. The lowest BCUT2D eigenvalue weighted by molar-refractivity contribution is -0.122. The molecule has 0 atom stereocenters. The number of hydrogen-bond donors (Lipinski definition) is 1. The Morgan fingerprint density at radius 3 is 2.27 bits per heavy atom. The molecule has 0 bridgehead atoms. The fourth-order valence-corrected chi connectivity index (χ4v) is 4.30. The highest BCUT2D eigenvalue weighted by Gasteiger charge is 2.26. The lowest BCUT2D eigenvalue weighted by Crippen LogP contribution is -2.51. The van der Waals surface area contributed by atoms with Gasteiger partial charge in [0.15, 0.2) is 0 Å². The predicted molar refractivity (Wildman–Crippen MR) is 126 cm³/mol. The van der Waals surface area contributed by atoms with E-state index >= 15 is 0 Å². The Morgan fingerprint density at radius 1 is 0.939 bits per heavy atom. The summed E-state index contributed by atoms with van der Waals surface area (Å²) in [5.74, 6) is -0.310. The van der Waals surface area contributed by atoms with Gasteiger partial charge in [0.1, 0.15) is 5.82 Å². The summed E-state index contributed by atoms with van der Waals surface area (Å²) in [5.41, 5.74) is 4.32. The third kappa shape index (κ3) is 5.31. The average molecular weight is 449 g/mol. The molecule has 1 fully saturated rings. The highest BCUT2D eigenvalue weighted by atomic mass is 19.1. The van der Waals surface area contributed by atoms with E-state index in [1.54, 1.807) is 12.1 Å². The van der Waals surface area contributed by atoms with Crippen LogP contribution in [0.15, 0.2) is 60.7 Å². The van der Waals surface area contributed by atoms with Crippen molar-refractivity contribution < 1.29 is 14.0 Å². The molecule has 2 aromatic carbocycles. The maximum atomic E-state index is 13.3. The van der Waals surface area contributed by atoms with Crippen molar-refractivity contribution in [3.05, 3.63) is 89.0 Å². The number of nitrogens with zero attached hydrogens (tertiary/aromatic N) is 3. The molecule has 0 aliphatic carbocycles. The van der Waals surface area contributed by atoms with Gasteiger partial charge in [-0.05, 0) is 49.7 Å². The zero-order valence-corrected chi connectivity index (χ0v) is 19.1. The van der Waals surface area contributed by atoms with E-state index in [-0.39, 0.29) is 17.6 Å². The van der Waals surface area contributed by atoms with Crippen molar-refractivity contribution in [1.29, 1.82) is 0 Å². The smallest absolute Gasteiger partial charge is 0.255 e. The van der Waals surface area contributed by atoms with Crippen LogP contribution in [0.4, 0.5) is 4.39 Å². The van der Waals surface area contributed by atoms with Gasteiger partial charge in [-0.25, -0.2) is 4.39 Å². The Morgan fingerprint density at radius 2 is 1.61 bits per heavy atom. The molecule has 1 aliphatic heterocycles. The van der Waals surface area contributed by atoms with Crippen LogP contribution in [0.3, 0.4) is 0 Å². The van der Waals surface area contributed by atoms with E-state index in [9.17, 15) is 14.0 Å². The number of amides is 2. The van der Waals surface area contributed by atoms with Crippen molar-refractivity contribution in [2.75, 3.05) is 32.7 Å². The standard InChI is InChI=1S/C26H29FN4O2/c1-19-16-24(20(2)31(19)23-10-8-22(27)9-11-23)26(33)30-14-12-29(13-15-30)18-25(32)28-17-21-6-4-3-5-7-21/h3-11,16H,12-15,17-18H2,1-2H3,(H,28,32). The van der Waals surface area contributed by atoms with Crippen LogP contribution in [0.5, 0.6) is 0 Å². The first-order valence-corrected chi connectivity index (χ1v) is 11.2. The summed E-state index contributed by atoms with van der Waals surface area (Å²) in [6.45, 7) is 7.16. The first kappa shape index (κ1) is 22.7. The van der Waals surface area contributed by atoms with Crippen LogP contribution >= 0.6 is 0 Å². The van der Waals surface area contributed by atoms with Gasteiger partial charge < -0.3 is 14.8 Å². The zero-order chi connectivity index (χ0) is 23.4. The van der Waals surface area contributed by atoms with E-state index in [2.05, 4.69) is 10.2 Å². The van der Waals surface area contributed by atoms with Crippen molar-refractivity contribution in [3.8, 4) is 5.69 Å². The number of aryl methyl sites for hydroxylation is 1. The molecule has 1 saturated heterocycles. The maximum Gasteiger partial charge on any atom is 0.255 e. The average Bonchev–Trinajstić information content (AvgIpc) is 3.13. The van der Waals surface area contributed by atoms with Crippen molar-refractivity contribution in [1.82, 2.24) is 19.7 Å². The summed E-state index contributed by atoms with van der Waals surface area (Å²) < 4.78 is 15.3. The summed E-state index contributed by atoms with van der Waals surface area (Å²) in [6, 6.07) is 18.0. The molecule has 3 aromatic rings. The molecule has 0 saturated carbocycles. The summed E-state index contributed by atoms with van der Waals surface area (Å²) in [7, 11) is 0. The van der Waals surface area contributed by atoms with Gasteiger partial charge in [0.05, 0.1) is 12.1 Å². The first-order valence-electron chi connectivity index (χ1n) is 11.2. The molecule has 1 aromatic heterocycles. The number of rotatable bonds is 6. The van der Waals surface area contributed by atoms with Gasteiger partial charge in [0.25, 0.3) is 5.91 Å². The van der Waals surface area contributed by atoms with Crippen LogP contribution < -0.4 is 5.32 Å². The summed E-state index contributed by atoms with van der Waals surface area (Å²) in [5, 5.41) is 2.95. The minimum Gasteiger partial charge on any atom is -0.351 e. The van der Waals surface area contributed by atoms with Gasteiger partial charge in [-0.15, -0.1) is 0 Å². The largest absolute Gasteiger partial charge is 0.351 e. The second kappa shape index (κ2) is 10.0. The van der Waals surface area contributed by atoms with Crippen LogP contribution in [0, 0.1) is 19.7 Å². The van der Waals surface area contributed by atoms with Gasteiger partial charge in [-0.2, -0.15) is 0 Å². The molecule has 33 heavy (non-hydrogen) atoms. The van der Waals surface area contributed by atoms with E-state index in [0.717, 1.165) is 22.6 Å². The number of benzene rings is 2. The van der Waals surface area contributed by atoms with E-state index in [1.165, 1.54) is 12.1 Å². The Bertz CT molecular complexity index is 1120. The first-order chi connectivity index (χ1) is 15.9. The molecular weight excluding hydrogens is 419 g/mol. The minimum atomic E-state index is -0.288. The van der Waals surface area contributed by atoms with Crippen molar-refractivity contribution >= 4 is 11.8 Å². The second-order valence-corrected chi connectivity index (χ2v) is 8.43. The normalized spacial score (nSPS) is 14.3. The number of halogens is 1. The summed E-state index contributed by atoms with van der Waals surface area (Å²) in [4.78, 5) is 29.4. The van der Waals surface area contributed by atoms with Gasteiger partial charge in [-0.1, -0.05) is 30.3 Å². The molecular formula is C26H29FN4O2. The SMILES string of the molecule is Cc1cc(C(=O)N2CCN(CC(=O)NCc3ccccc3)CC2)c(C)n1-c1ccc(F)cc1. The fourth-order valence-electron chi connectivity index (χ4n) is 4.30. The van der Waals surface area contributed by atoms with Gasteiger partial charge >= 0.3 is 0 Å². The van der Waals surface area contributed by atoms with Crippen LogP contribution in [-0.2, 0) is 11.3 Å². The molecule has 172 valence electrons. The molecule has 1 aliphatic rings. The highest BCUT2D eigenvalue weighted by Crippen LogP contribution is 2.23. The minimum absolute atomic E-state index is 0.00959. The number of aromatic nitrogens is 1. The van der Waals surface area contributed by atoms with Gasteiger partial charge in [0.2, 0.25) is 5.91 Å². The van der Waals surface area contributed by atoms with Gasteiger partial charge in [0, 0.05) is 49.8 Å². The zero-order valence-electron chi connectivity index (χ0n) is 19.1. The number of carbonyl (C=O) groups excluding carboxylic acids is 2. The quantitative estimate of drug-likeness (QED) is 0.630. The maximum absolute atomic E-state index is 13.3. The Labute approximate surface area is 193 Å². The Hall–Kier alpha value is -3.45. The number of hydrogen-bond acceptors (Lipinski definition) is 3. The molecule has 0 unspecified atom stereocenters. The number of piperazine rings is 1. The molecule has 0 radical (unpaired) electrons. The lowest BCUT2D eigenvalue weighted by Gasteiger charge is -2.34. The van der Waals surface area contributed by atoms with Crippen molar-refractivity contribution in [2.45, 2.75) is 20.4 Å². The van der Waals surface area contributed by atoms with Crippen molar-refractivity contribution in [2.24, 2.45) is 0 Å². The van der Waals surface area contributed by atoms with Gasteiger partial charge in [-0.3, -0.25) is 14.5 Å². The fraction of sp³-hybridized carbons (Fsp3) is 0.308. The Kier molecular flexibility index (Phi) is 6.89. The van der Waals surface area contributed by atoms with Crippen LogP contribution in [-0.4, -0.2) is 58.9 Å². The Balaban J connectivity index is 1.32. The van der Waals surface area contributed by atoms with E-state index < -0.39 is 0 Å². The third-order valence-electron chi connectivity index (χ3n) is 6.11. The van der Waals surface area contributed by atoms with Crippen LogP contribution in [0.25, 0.3) is 5.69 Å². The highest BCUT2D eigenvalue weighted by molar-refractivity contribution is 5.96. The van der Waals surface area contributed by atoms with Crippen LogP contribution in [0.1, 0.15) is 27.3 Å². The topological polar surface area (TPSA) is 57.6 Å². The summed E-state index contributed by atoms with van der Waals surface area (Å²) >= 11 is 0. The molecule has 2 amide bonds. The second-order valence-electron chi connectivity index (χ2n) is 8.43. The van der Waals surface area contributed by atoms with E-state index in [1.807, 2.05) is 59.7 Å². The number of carbonyl (C=O) groups is 2. The third-order valence-corrected chi connectivity index (χ3v) is 6.11. The predicted octanol–water partition coefficient (Wildman–Crippen LogP) is 3.31. The molecule has 4 rings (SSSR count). The molecule has 7 heteroatoms. The summed E-state index contributed by atoms with van der Waals surface area (Å²) in [6.07, 6.45) is 0. The molecule has 6 nitrogen and oxygen atoms in total. The molecule has 1 N–H and O–H groups in total. The van der Waals surface area contributed by atoms with E-state index in [0.29, 0.717) is 44.8 Å². The van der Waals surface area contributed by atoms with Crippen LogP contribution in [0.2, 0.25) is 0 Å². The van der Waals surface area contributed by atoms with Crippen molar-refractivity contribution in [3.63, 3.8) is 0 Å². The van der Waals surface area contributed by atoms with E-state index in [4.69, 9.17) is 0 Å². The molecule has 0 spiro atoms. The molecule has 2 heterocycles. The monoisotopic (exact) mass is 448 g/mol. The lowest BCUT2D eigenvalue weighted by atomic mass is 10.2.